The van der Waals surface area contributed by atoms with Crippen molar-refractivity contribution in [2.45, 2.75) is 57.0 Å². The molecule has 6 nitrogen and oxygen atoms in total. The van der Waals surface area contributed by atoms with Crippen LogP contribution in [0.2, 0.25) is 0 Å². The molecule has 3 aliphatic rings. The van der Waals surface area contributed by atoms with Gasteiger partial charge >= 0.3 is 6.03 Å². The van der Waals surface area contributed by atoms with E-state index < -0.39 is 0 Å². The number of hydrogen-bond donors (Lipinski definition) is 1. The number of amides is 2. The van der Waals surface area contributed by atoms with Gasteiger partial charge in [-0.2, -0.15) is 5.06 Å². The summed E-state index contributed by atoms with van der Waals surface area (Å²) < 4.78 is 0. The molecule has 6 heteroatoms. The van der Waals surface area contributed by atoms with Crippen molar-refractivity contribution in [1.29, 1.82) is 0 Å². The van der Waals surface area contributed by atoms with Crippen molar-refractivity contribution >= 4 is 6.03 Å². The Balaban J connectivity index is 1.69. The van der Waals surface area contributed by atoms with E-state index in [2.05, 4.69) is 16.5 Å². The number of carbonyl (C=O) groups excluding carboxylic acids is 1. The lowest BCUT2D eigenvalue weighted by atomic mass is 9.73. The molecule has 1 aromatic rings. The lowest BCUT2D eigenvalue weighted by Gasteiger charge is -2.42. The Labute approximate surface area is 149 Å². The number of hydroxylamine groups is 2. The third-order valence-corrected chi connectivity index (χ3v) is 6.11. The first-order valence-corrected chi connectivity index (χ1v) is 9.64. The highest BCUT2D eigenvalue weighted by molar-refractivity contribution is 5.77. The summed E-state index contributed by atoms with van der Waals surface area (Å²) in [4.78, 5) is 28.6. The van der Waals surface area contributed by atoms with Crippen molar-refractivity contribution in [2.75, 3.05) is 13.2 Å². The maximum absolute atomic E-state index is 13.0. The van der Waals surface area contributed by atoms with Crippen LogP contribution in [0.15, 0.2) is 25.0 Å². The van der Waals surface area contributed by atoms with Gasteiger partial charge in [-0.3, -0.25) is 4.84 Å². The number of H-pyrrole nitrogens is 1. The predicted octanol–water partition coefficient (Wildman–Crippen LogP) is 3.66. The average Bonchev–Trinajstić information content (AvgIpc) is 3.25. The number of urea groups is 1. The molecule has 2 bridgehead atoms. The molecule has 1 aliphatic carbocycles. The summed E-state index contributed by atoms with van der Waals surface area (Å²) >= 11 is 0. The SMILES string of the molecule is C=CCON1C(=O)N2CC1C1CCCCCCCC1[C@H]2c1ncc[nH]1. The van der Waals surface area contributed by atoms with Crippen LogP contribution in [0.1, 0.15) is 56.8 Å². The number of rotatable bonds is 4. The molecule has 2 saturated heterocycles. The number of nitrogens with zero attached hydrogens (tertiary/aromatic N) is 3. The first kappa shape index (κ1) is 16.6. The fraction of sp³-hybridized carbons (Fsp3) is 0.684. The van der Waals surface area contributed by atoms with Gasteiger partial charge in [0.2, 0.25) is 0 Å². The summed E-state index contributed by atoms with van der Waals surface area (Å²) in [5, 5.41) is 1.64. The molecule has 136 valence electrons. The minimum atomic E-state index is -0.0159. The Morgan fingerprint density at radius 2 is 2.00 bits per heavy atom. The van der Waals surface area contributed by atoms with Crippen LogP contribution in [0.5, 0.6) is 0 Å². The highest BCUT2D eigenvalue weighted by Gasteiger charge is 2.55. The largest absolute Gasteiger partial charge is 0.347 e. The van der Waals surface area contributed by atoms with Gasteiger partial charge in [0.1, 0.15) is 5.82 Å². The predicted molar refractivity (Wildman–Crippen MR) is 94.5 cm³/mol. The summed E-state index contributed by atoms with van der Waals surface area (Å²) in [7, 11) is 0. The minimum absolute atomic E-state index is 0.0159. The number of piperidine rings is 1. The molecule has 0 spiro atoms. The van der Waals surface area contributed by atoms with Gasteiger partial charge in [0.05, 0.1) is 18.7 Å². The first-order chi connectivity index (χ1) is 12.3. The van der Waals surface area contributed by atoms with Crippen LogP contribution in [0.25, 0.3) is 0 Å². The van der Waals surface area contributed by atoms with Gasteiger partial charge < -0.3 is 9.88 Å². The minimum Gasteiger partial charge on any atom is -0.347 e. The molecular formula is C19H28N4O2. The topological polar surface area (TPSA) is 61.5 Å². The summed E-state index contributed by atoms with van der Waals surface area (Å²) in [6.07, 6.45) is 14.1. The number of hydrogen-bond acceptors (Lipinski definition) is 3. The number of aromatic amines is 1. The van der Waals surface area contributed by atoms with Crippen LogP contribution < -0.4 is 0 Å². The summed E-state index contributed by atoms with van der Waals surface area (Å²) in [5.41, 5.74) is 0. The first-order valence-electron chi connectivity index (χ1n) is 9.64. The molecule has 1 aromatic heterocycles. The molecule has 1 saturated carbocycles. The zero-order chi connectivity index (χ0) is 17.2. The van der Waals surface area contributed by atoms with Crippen LogP contribution in [0.4, 0.5) is 4.79 Å². The molecule has 0 radical (unpaired) electrons. The zero-order valence-corrected chi connectivity index (χ0v) is 14.8. The maximum atomic E-state index is 13.0. The molecule has 3 heterocycles. The molecule has 4 rings (SSSR count). The quantitative estimate of drug-likeness (QED) is 0.848. The van der Waals surface area contributed by atoms with Crippen molar-refractivity contribution < 1.29 is 9.63 Å². The lowest BCUT2D eigenvalue weighted by molar-refractivity contribution is -0.134. The molecule has 0 aromatic carbocycles. The van der Waals surface area contributed by atoms with Gasteiger partial charge in [-0.25, -0.2) is 9.78 Å². The molecular weight excluding hydrogens is 316 g/mol. The second-order valence-corrected chi connectivity index (χ2v) is 7.50. The Morgan fingerprint density at radius 1 is 1.24 bits per heavy atom. The Bertz CT molecular complexity index is 603. The monoisotopic (exact) mass is 344 g/mol. The number of carbonyl (C=O) groups is 1. The van der Waals surface area contributed by atoms with Crippen molar-refractivity contribution in [2.24, 2.45) is 11.8 Å². The second-order valence-electron chi connectivity index (χ2n) is 7.50. The highest BCUT2D eigenvalue weighted by Crippen LogP contribution is 2.49. The average molecular weight is 344 g/mol. The van der Waals surface area contributed by atoms with Crippen molar-refractivity contribution in [1.82, 2.24) is 19.9 Å². The van der Waals surface area contributed by atoms with Crippen LogP contribution >= 0.6 is 0 Å². The van der Waals surface area contributed by atoms with Crippen LogP contribution in [-0.2, 0) is 4.84 Å². The third-order valence-electron chi connectivity index (χ3n) is 6.11. The van der Waals surface area contributed by atoms with Gasteiger partial charge in [0.15, 0.2) is 0 Å². The Morgan fingerprint density at radius 3 is 2.72 bits per heavy atom. The van der Waals surface area contributed by atoms with Gasteiger partial charge in [0.25, 0.3) is 0 Å². The number of imidazole rings is 1. The van der Waals surface area contributed by atoms with Crippen LogP contribution in [-0.4, -0.2) is 45.2 Å². The molecule has 1 N–H and O–H groups in total. The molecule has 4 atom stereocenters. The summed E-state index contributed by atoms with van der Waals surface area (Å²) in [6.45, 7) is 4.83. The van der Waals surface area contributed by atoms with E-state index in [0.29, 0.717) is 18.4 Å². The molecule has 25 heavy (non-hydrogen) atoms. The van der Waals surface area contributed by atoms with Gasteiger partial charge in [-0.15, -0.1) is 6.58 Å². The van der Waals surface area contributed by atoms with E-state index in [1.807, 2.05) is 11.1 Å². The van der Waals surface area contributed by atoms with E-state index in [4.69, 9.17) is 4.84 Å². The zero-order valence-electron chi connectivity index (χ0n) is 14.8. The summed E-state index contributed by atoms with van der Waals surface area (Å²) in [5.74, 6) is 1.84. The molecule has 2 aliphatic heterocycles. The van der Waals surface area contributed by atoms with Crippen LogP contribution in [0, 0.1) is 11.8 Å². The third kappa shape index (κ3) is 2.97. The normalized spacial score (nSPS) is 32.7. The van der Waals surface area contributed by atoms with E-state index in [0.717, 1.165) is 18.8 Å². The van der Waals surface area contributed by atoms with Gasteiger partial charge in [0, 0.05) is 18.9 Å². The van der Waals surface area contributed by atoms with Crippen molar-refractivity contribution in [3.63, 3.8) is 0 Å². The number of nitrogens with one attached hydrogen (secondary N) is 1. The van der Waals surface area contributed by atoms with Crippen LogP contribution in [0.3, 0.4) is 0 Å². The van der Waals surface area contributed by atoms with E-state index in [9.17, 15) is 4.79 Å². The Kier molecular flexibility index (Phi) is 4.79. The van der Waals surface area contributed by atoms with E-state index >= 15 is 0 Å². The van der Waals surface area contributed by atoms with Gasteiger partial charge in [-0.1, -0.05) is 38.2 Å². The number of fused-ring (bicyclic) bond motifs is 4. The van der Waals surface area contributed by atoms with E-state index in [1.165, 1.54) is 38.5 Å². The maximum Gasteiger partial charge on any atom is 0.344 e. The number of aromatic nitrogens is 2. The highest BCUT2D eigenvalue weighted by atomic mass is 16.7. The molecule has 3 unspecified atom stereocenters. The molecule has 2 amide bonds. The fourth-order valence-electron chi connectivity index (χ4n) is 5.06. The molecule has 3 fully saturated rings. The smallest absolute Gasteiger partial charge is 0.344 e. The fourth-order valence-corrected chi connectivity index (χ4v) is 5.06. The second kappa shape index (κ2) is 7.20. The lowest BCUT2D eigenvalue weighted by Crippen LogP contribution is -2.47. The summed E-state index contributed by atoms with van der Waals surface area (Å²) in [6, 6.07) is 0.179. The Hall–Kier alpha value is -1.82. The van der Waals surface area contributed by atoms with Gasteiger partial charge in [-0.05, 0) is 24.7 Å². The van der Waals surface area contributed by atoms with E-state index in [1.54, 1.807) is 17.3 Å². The van der Waals surface area contributed by atoms with Crippen molar-refractivity contribution in [3.05, 3.63) is 30.9 Å². The van der Waals surface area contributed by atoms with Crippen molar-refractivity contribution in [3.8, 4) is 0 Å². The van der Waals surface area contributed by atoms with E-state index in [-0.39, 0.29) is 18.1 Å². The standard InChI is InChI=1S/C19H28N4O2/c1-2-12-25-23-16-13-22(19(23)24)17(18-20-10-11-21-18)15-9-7-5-3-4-6-8-14(15)16/h2,10-11,14-17H,1,3-9,12-13H2,(H,20,21)/t14?,15?,16?,17-/m0/s1.